The summed E-state index contributed by atoms with van der Waals surface area (Å²) in [6, 6.07) is 2.00. The number of likely N-dealkylation sites (N-methyl/N-ethyl adjacent to an activating group) is 1. The van der Waals surface area contributed by atoms with Crippen molar-refractivity contribution in [1.82, 2.24) is 9.88 Å². The van der Waals surface area contributed by atoms with E-state index >= 15 is 0 Å². The Morgan fingerprint density at radius 3 is 2.87 bits per heavy atom. The van der Waals surface area contributed by atoms with Gasteiger partial charge in [0.05, 0.1) is 17.6 Å². The van der Waals surface area contributed by atoms with Gasteiger partial charge in [-0.3, -0.25) is 4.98 Å². The lowest BCUT2D eigenvalue weighted by Crippen LogP contribution is -2.28. The van der Waals surface area contributed by atoms with Crippen LogP contribution in [0.2, 0.25) is 0 Å². The predicted octanol–water partition coefficient (Wildman–Crippen LogP) is 0.806. The summed E-state index contributed by atoms with van der Waals surface area (Å²) in [5.41, 5.74) is 7.62. The maximum atomic E-state index is 5.73. The van der Waals surface area contributed by atoms with Crippen LogP contribution in [0.4, 0.5) is 11.4 Å². The van der Waals surface area contributed by atoms with E-state index in [4.69, 9.17) is 5.73 Å². The number of hydrogen-bond donors (Lipinski definition) is 1. The summed E-state index contributed by atoms with van der Waals surface area (Å²) in [5, 5.41) is 0. The largest absolute Gasteiger partial charge is 0.397 e. The van der Waals surface area contributed by atoms with Crippen LogP contribution in [0.3, 0.4) is 0 Å². The Bertz CT molecular complexity index is 326. The molecule has 0 saturated carbocycles. The predicted molar refractivity (Wildman–Crippen MR) is 63.0 cm³/mol. The third-order valence-electron chi connectivity index (χ3n) is 2.83. The number of rotatable bonds is 1. The van der Waals surface area contributed by atoms with E-state index in [-0.39, 0.29) is 0 Å². The average molecular weight is 206 g/mol. The molecule has 1 aromatic heterocycles. The van der Waals surface area contributed by atoms with E-state index in [0.717, 1.165) is 31.0 Å². The van der Waals surface area contributed by atoms with Crippen molar-refractivity contribution < 1.29 is 0 Å². The molecule has 0 spiro atoms. The van der Waals surface area contributed by atoms with Gasteiger partial charge in [0.15, 0.2) is 0 Å². The van der Waals surface area contributed by atoms with Crippen molar-refractivity contribution in [2.45, 2.75) is 6.42 Å². The van der Waals surface area contributed by atoms with E-state index in [0.29, 0.717) is 0 Å². The van der Waals surface area contributed by atoms with Gasteiger partial charge >= 0.3 is 0 Å². The van der Waals surface area contributed by atoms with E-state index in [1.807, 2.05) is 12.3 Å². The molecule has 0 radical (unpaired) electrons. The van der Waals surface area contributed by atoms with Gasteiger partial charge in [-0.25, -0.2) is 0 Å². The monoisotopic (exact) mass is 206 g/mol. The molecule has 1 aromatic rings. The molecule has 1 fully saturated rings. The summed E-state index contributed by atoms with van der Waals surface area (Å²) in [7, 11) is 2.17. The maximum absolute atomic E-state index is 5.73. The second-order valence-electron chi connectivity index (χ2n) is 4.12. The molecular weight excluding hydrogens is 188 g/mol. The summed E-state index contributed by atoms with van der Waals surface area (Å²) < 4.78 is 0. The van der Waals surface area contributed by atoms with Crippen molar-refractivity contribution >= 4 is 11.4 Å². The van der Waals surface area contributed by atoms with E-state index in [2.05, 4.69) is 21.8 Å². The zero-order valence-electron chi connectivity index (χ0n) is 9.19. The third-order valence-corrected chi connectivity index (χ3v) is 2.83. The van der Waals surface area contributed by atoms with Crippen LogP contribution in [0, 0.1) is 0 Å². The van der Waals surface area contributed by atoms with Gasteiger partial charge < -0.3 is 15.5 Å². The van der Waals surface area contributed by atoms with Gasteiger partial charge in [-0.2, -0.15) is 0 Å². The molecular formula is C11H18N4. The summed E-state index contributed by atoms with van der Waals surface area (Å²) in [4.78, 5) is 8.84. The summed E-state index contributed by atoms with van der Waals surface area (Å²) >= 11 is 0. The fourth-order valence-corrected chi connectivity index (χ4v) is 1.92. The van der Waals surface area contributed by atoms with Crippen molar-refractivity contribution in [3.63, 3.8) is 0 Å². The minimum Gasteiger partial charge on any atom is -0.397 e. The zero-order valence-corrected chi connectivity index (χ0v) is 9.19. The Hall–Kier alpha value is -1.29. The van der Waals surface area contributed by atoms with Crippen molar-refractivity contribution in [1.29, 1.82) is 0 Å². The van der Waals surface area contributed by atoms with Crippen LogP contribution in [0.5, 0.6) is 0 Å². The van der Waals surface area contributed by atoms with Crippen LogP contribution in [0.25, 0.3) is 0 Å². The molecule has 0 amide bonds. The number of hydrogen-bond acceptors (Lipinski definition) is 4. The molecule has 2 N–H and O–H groups in total. The molecule has 1 saturated heterocycles. The van der Waals surface area contributed by atoms with Crippen LogP contribution >= 0.6 is 0 Å². The van der Waals surface area contributed by atoms with Gasteiger partial charge in [-0.15, -0.1) is 0 Å². The lowest BCUT2D eigenvalue weighted by atomic mass is 10.3. The molecule has 4 heteroatoms. The molecule has 1 aliphatic rings. The second-order valence-corrected chi connectivity index (χ2v) is 4.12. The van der Waals surface area contributed by atoms with Gasteiger partial charge in [0.1, 0.15) is 0 Å². The fourth-order valence-electron chi connectivity index (χ4n) is 1.92. The lowest BCUT2D eigenvalue weighted by Gasteiger charge is -2.22. The SMILES string of the molecule is CN1CCCN(c2cncc(N)c2)CC1. The minimum absolute atomic E-state index is 0.741. The summed E-state index contributed by atoms with van der Waals surface area (Å²) in [5.74, 6) is 0. The molecule has 0 aliphatic carbocycles. The topological polar surface area (TPSA) is 45.4 Å². The quantitative estimate of drug-likeness (QED) is 0.738. The fraction of sp³-hybridized carbons (Fsp3) is 0.545. The molecule has 2 heterocycles. The van der Waals surface area contributed by atoms with Crippen LogP contribution in [0.15, 0.2) is 18.5 Å². The Labute approximate surface area is 90.7 Å². The first-order valence-corrected chi connectivity index (χ1v) is 5.40. The van der Waals surface area contributed by atoms with E-state index < -0.39 is 0 Å². The number of aromatic nitrogens is 1. The first-order chi connectivity index (χ1) is 7.25. The van der Waals surface area contributed by atoms with Gasteiger partial charge in [-0.05, 0) is 26.1 Å². The van der Waals surface area contributed by atoms with E-state index in [1.54, 1.807) is 6.20 Å². The summed E-state index contributed by atoms with van der Waals surface area (Å²) in [6.45, 7) is 4.43. The normalized spacial score (nSPS) is 18.9. The number of nitrogens with zero attached hydrogens (tertiary/aromatic N) is 3. The van der Waals surface area contributed by atoms with Gasteiger partial charge in [-0.1, -0.05) is 0 Å². The van der Waals surface area contributed by atoms with Crippen molar-refractivity contribution in [2.75, 3.05) is 43.9 Å². The Balaban J connectivity index is 2.09. The lowest BCUT2D eigenvalue weighted by molar-refractivity contribution is 0.360. The first-order valence-electron chi connectivity index (χ1n) is 5.40. The molecule has 82 valence electrons. The van der Waals surface area contributed by atoms with Gasteiger partial charge in [0.25, 0.3) is 0 Å². The zero-order chi connectivity index (χ0) is 10.7. The van der Waals surface area contributed by atoms with Crippen molar-refractivity contribution in [3.05, 3.63) is 18.5 Å². The Morgan fingerprint density at radius 1 is 1.20 bits per heavy atom. The second kappa shape index (κ2) is 4.49. The highest BCUT2D eigenvalue weighted by molar-refractivity contribution is 5.53. The number of pyridine rings is 1. The molecule has 1 aliphatic heterocycles. The molecule has 0 atom stereocenters. The van der Waals surface area contributed by atoms with Crippen LogP contribution in [-0.2, 0) is 0 Å². The number of nitrogens with two attached hydrogens (primary N) is 1. The molecule has 4 nitrogen and oxygen atoms in total. The number of anilines is 2. The van der Waals surface area contributed by atoms with Crippen molar-refractivity contribution in [2.24, 2.45) is 0 Å². The molecule has 15 heavy (non-hydrogen) atoms. The highest BCUT2D eigenvalue weighted by atomic mass is 15.2. The molecule has 2 rings (SSSR count). The molecule has 0 unspecified atom stereocenters. The average Bonchev–Trinajstić information content (AvgIpc) is 2.43. The van der Waals surface area contributed by atoms with E-state index in [1.165, 1.54) is 13.0 Å². The van der Waals surface area contributed by atoms with Crippen LogP contribution in [0.1, 0.15) is 6.42 Å². The molecule has 0 aromatic carbocycles. The van der Waals surface area contributed by atoms with E-state index in [9.17, 15) is 0 Å². The highest BCUT2D eigenvalue weighted by Gasteiger charge is 2.12. The van der Waals surface area contributed by atoms with Crippen molar-refractivity contribution in [3.8, 4) is 0 Å². The van der Waals surface area contributed by atoms with Gasteiger partial charge in [0, 0.05) is 25.8 Å². The maximum Gasteiger partial charge on any atom is 0.0573 e. The smallest absolute Gasteiger partial charge is 0.0573 e. The number of nitrogen functional groups attached to an aromatic ring is 1. The van der Waals surface area contributed by atoms with Gasteiger partial charge in [0.2, 0.25) is 0 Å². The molecule has 0 bridgehead atoms. The standard InChI is InChI=1S/C11H18N4/c1-14-3-2-4-15(6-5-14)11-7-10(12)8-13-9-11/h7-9H,2-6,12H2,1H3. The highest BCUT2D eigenvalue weighted by Crippen LogP contribution is 2.17. The third kappa shape index (κ3) is 2.59. The Morgan fingerprint density at radius 2 is 2.07 bits per heavy atom. The Kier molecular flexibility index (Phi) is 3.06. The first kappa shape index (κ1) is 10.2. The minimum atomic E-state index is 0.741. The van der Waals surface area contributed by atoms with Crippen LogP contribution in [-0.4, -0.2) is 43.1 Å². The van der Waals surface area contributed by atoms with Crippen LogP contribution < -0.4 is 10.6 Å². The summed E-state index contributed by atoms with van der Waals surface area (Å²) in [6.07, 6.45) is 4.78.